The summed E-state index contributed by atoms with van der Waals surface area (Å²) >= 11 is 0. The molecule has 1 aromatic carbocycles. The van der Waals surface area contributed by atoms with E-state index >= 15 is 0 Å². The molecule has 9 heteroatoms. The maximum atomic E-state index is 12.9. The van der Waals surface area contributed by atoms with Gasteiger partial charge in [-0.05, 0) is 51.0 Å². The molecular weight excluding hydrogens is 421 g/mol. The summed E-state index contributed by atoms with van der Waals surface area (Å²) in [4.78, 5) is 30.9. The van der Waals surface area contributed by atoms with Gasteiger partial charge in [0, 0.05) is 37.9 Å². The van der Waals surface area contributed by atoms with Gasteiger partial charge in [0.2, 0.25) is 5.91 Å². The highest BCUT2D eigenvalue weighted by atomic mass is 19.4. The van der Waals surface area contributed by atoms with Crippen molar-refractivity contribution in [3.8, 4) is 0 Å². The van der Waals surface area contributed by atoms with E-state index in [0.717, 1.165) is 29.8 Å². The Kier molecular flexibility index (Phi) is 7.37. The summed E-state index contributed by atoms with van der Waals surface area (Å²) in [6.45, 7) is 5.50. The Balaban J connectivity index is 1.46. The molecule has 1 fully saturated rings. The number of alkyl halides is 3. The zero-order valence-corrected chi connectivity index (χ0v) is 18.1. The van der Waals surface area contributed by atoms with Crippen molar-refractivity contribution in [2.45, 2.75) is 32.9 Å². The first-order valence-corrected chi connectivity index (χ1v) is 10.6. The maximum absolute atomic E-state index is 12.9. The minimum absolute atomic E-state index is 0.0654. The van der Waals surface area contributed by atoms with E-state index in [-0.39, 0.29) is 17.7 Å². The SMILES string of the molecule is Cc1cc(C)cc(C(=O)N2CCCC(C(=O)NCCNc3ccc(C(F)(F)F)cn3)C2)c1. The van der Waals surface area contributed by atoms with Crippen LogP contribution in [-0.2, 0) is 11.0 Å². The Labute approximate surface area is 185 Å². The van der Waals surface area contributed by atoms with Crippen LogP contribution in [0.2, 0.25) is 0 Å². The van der Waals surface area contributed by atoms with Crippen LogP contribution in [-0.4, -0.2) is 47.9 Å². The van der Waals surface area contributed by atoms with Crippen molar-refractivity contribution in [2.75, 3.05) is 31.5 Å². The summed E-state index contributed by atoms with van der Waals surface area (Å²) in [5.74, 6) is -0.188. The van der Waals surface area contributed by atoms with E-state index in [1.54, 1.807) is 4.90 Å². The van der Waals surface area contributed by atoms with Crippen molar-refractivity contribution in [1.82, 2.24) is 15.2 Å². The van der Waals surface area contributed by atoms with Crippen LogP contribution in [0.1, 0.15) is 39.9 Å². The Morgan fingerprint density at radius 3 is 2.47 bits per heavy atom. The first kappa shape index (κ1) is 23.6. The molecule has 1 aliphatic heterocycles. The number of nitrogens with zero attached hydrogens (tertiary/aromatic N) is 2. The molecule has 1 aromatic heterocycles. The number of piperidine rings is 1. The highest BCUT2D eigenvalue weighted by Crippen LogP contribution is 2.28. The van der Waals surface area contributed by atoms with E-state index in [0.29, 0.717) is 44.0 Å². The van der Waals surface area contributed by atoms with Crippen molar-refractivity contribution < 1.29 is 22.8 Å². The smallest absolute Gasteiger partial charge is 0.368 e. The van der Waals surface area contributed by atoms with Crippen LogP contribution in [0, 0.1) is 19.8 Å². The predicted molar refractivity (Wildman–Crippen MR) is 115 cm³/mol. The average molecular weight is 448 g/mol. The van der Waals surface area contributed by atoms with Crippen molar-refractivity contribution >= 4 is 17.6 Å². The number of pyridine rings is 1. The lowest BCUT2D eigenvalue weighted by atomic mass is 9.96. The quantitative estimate of drug-likeness (QED) is 0.660. The number of likely N-dealkylation sites (tertiary alicyclic amines) is 1. The van der Waals surface area contributed by atoms with Crippen molar-refractivity contribution in [3.63, 3.8) is 0 Å². The van der Waals surface area contributed by atoms with E-state index < -0.39 is 11.7 Å². The Bertz CT molecular complexity index is 940. The largest absolute Gasteiger partial charge is 0.417 e. The summed E-state index contributed by atoms with van der Waals surface area (Å²) in [6, 6.07) is 7.94. The summed E-state index contributed by atoms with van der Waals surface area (Å²) in [7, 11) is 0. The van der Waals surface area contributed by atoms with Gasteiger partial charge in [-0.25, -0.2) is 4.98 Å². The van der Waals surface area contributed by atoms with Crippen molar-refractivity contribution in [2.24, 2.45) is 5.92 Å². The lowest BCUT2D eigenvalue weighted by Crippen LogP contribution is -2.46. The standard InChI is InChI=1S/C23H27F3N4O2/c1-15-10-16(2)12-18(11-15)22(32)30-9-3-4-17(14-30)21(31)28-8-7-27-20-6-5-19(13-29-20)23(24,25)26/h5-6,10-13,17H,3-4,7-9,14H2,1-2H3,(H,27,29)(H,28,31). The third-order valence-electron chi connectivity index (χ3n) is 5.37. The van der Waals surface area contributed by atoms with Gasteiger partial charge in [-0.2, -0.15) is 13.2 Å². The van der Waals surface area contributed by atoms with Crippen LogP contribution in [0.15, 0.2) is 36.5 Å². The van der Waals surface area contributed by atoms with Crippen LogP contribution in [0.25, 0.3) is 0 Å². The van der Waals surface area contributed by atoms with Gasteiger partial charge in [0.1, 0.15) is 5.82 Å². The number of nitrogens with one attached hydrogen (secondary N) is 2. The van der Waals surface area contributed by atoms with Gasteiger partial charge in [0.15, 0.2) is 0 Å². The fourth-order valence-corrected chi connectivity index (χ4v) is 3.84. The number of hydrogen-bond acceptors (Lipinski definition) is 4. The van der Waals surface area contributed by atoms with Crippen LogP contribution < -0.4 is 10.6 Å². The molecule has 0 aliphatic carbocycles. The summed E-state index contributed by atoms with van der Waals surface area (Å²) in [5, 5.41) is 5.71. The monoisotopic (exact) mass is 448 g/mol. The van der Waals surface area contributed by atoms with Gasteiger partial charge in [-0.15, -0.1) is 0 Å². The van der Waals surface area contributed by atoms with Crippen molar-refractivity contribution in [1.29, 1.82) is 0 Å². The van der Waals surface area contributed by atoms with Gasteiger partial charge in [-0.1, -0.05) is 17.2 Å². The van der Waals surface area contributed by atoms with Crippen LogP contribution in [0.5, 0.6) is 0 Å². The number of aromatic nitrogens is 1. The molecule has 172 valence electrons. The number of rotatable bonds is 6. The van der Waals surface area contributed by atoms with E-state index in [1.165, 1.54) is 6.07 Å². The topological polar surface area (TPSA) is 74.3 Å². The Morgan fingerprint density at radius 2 is 1.84 bits per heavy atom. The second kappa shape index (κ2) is 10.0. The average Bonchev–Trinajstić information content (AvgIpc) is 2.75. The molecule has 1 atom stereocenters. The third-order valence-corrected chi connectivity index (χ3v) is 5.37. The molecule has 1 saturated heterocycles. The first-order valence-electron chi connectivity index (χ1n) is 10.6. The highest BCUT2D eigenvalue weighted by Gasteiger charge is 2.31. The fraction of sp³-hybridized carbons (Fsp3) is 0.435. The summed E-state index contributed by atoms with van der Waals surface area (Å²) in [5.41, 5.74) is 1.87. The number of amides is 2. The minimum Gasteiger partial charge on any atom is -0.368 e. The van der Waals surface area contributed by atoms with Gasteiger partial charge >= 0.3 is 6.18 Å². The second-order valence-corrected chi connectivity index (χ2v) is 8.11. The zero-order valence-electron chi connectivity index (χ0n) is 18.1. The minimum atomic E-state index is -4.42. The fourth-order valence-electron chi connectivity index (χ4n) is 3.84. The molecule has 2 amide bonds. The summed E-state index contributed by atoms with van der Waals surface area (Å²) < 4.78 is 37.7. The summed E-state index contributed by atoms with van der Waals surface area (Å²) in [6.07, 6.45) is -2.20. The van der Waals surface area contributed by atoms with Crippen LogP contribution in [0.4, 0.5) is 19.0 Å². The van der Waals surface area contributed by atoms with E-state index in [1.807, 2.05) is 32.0 Å². The number of halogens is 3. The molecule has 2 N–H and O–H groups in total. The lowest BCUT2D eigenvalue weighted by molar-refractivity contribution is -0.137. The molecule has 0 radical (unpaired) electrons. The number of anilines is 1. The predicted octanol–water partition coefficient (Wildman–Crippen LogP) is 3.80. The highest BCUT2D eigenvalue weighted by molar-refractivity contribution is 5.95. The number of hydrogen-bond donors (Lipinski definition) is 2. The number of aryl methyl sites for hydroxylation is 2. The number of carbonyl (C=O) groups excluding carboxylic acids is 2. The van der Waals surface area contributed by atoms with E-state index in [9.17, 15) is 22.8 Å². The Hall–Kier alpha value is -3.10. The van der Waals surface area contributed by atoms with Crippen LogP contribution >= 0.6 is 0 Å². The molecule has 3 rings (SSSR count). The van der Waals surface area contributed by atoms with Crippen LogP contribution in [0.3, 0.4) is 0 Å². The molecule has 1 unspecified atom stereocenters. The molecule has 0 saturated carbocycles. The third kappa shape index (κ3) is 6.21. The molecule has 2 heterocycles. The molecule has 32 heavy (non-hydrogen) atoms. The van der Waals surface area contributed by atoms with Gasteiger partial charge < -0.3 is 15.5 Å². The molecule has 6 nitrogen and oxygen atoms in total. The molecule has 0 spiro atoms. The molecule has 0 bridgehead atoms. The van der Waals surface area contributed by atoms with Gasteiger partial charge in [-0.3, -0.25) is 9.59 Å². The lowest BCUT2D eigenvalue weighted by Gasteiger charge is -2.32. The molecule has 1 aliphatic rings. The van der Waals surface area contributed by atoms with Crippen molar-refractivity contribution in [3.05, 3.63) is 58.8 Å². The normalized spacial score (nSPS) is 16.5. The van der Waals surface area contributed by atoms with Gasteiger partial charge in [0.05, 0.1) is 11.5 Å². The maximum Gasteiger partial charge on any atom is 0.417 e. The molecular formula is C23H27F3N4O2. The number of carbonyl (C=O) groups is 2. The van der Waals surface area contributed by atoms with E-state index in [4.69, 9.17) is 0 Å². The first-order chi connectivity index (χ1) is 15.1. The van der Waals surface area contributed by atoms with E-state index in [2.05, 4.69) is 15.6 Å². The zero-order chi connectivity index (χ0) is 23.3. The molecule has 2 aromatic rings. The number of benzene rings is 1. The Morgan fingerprint density at radius 1 is 1.12 bits per heavy atom. The second-order valence-electron chi connectivity index (χ2n) is 8.11. The van der Waals surface area contributed by atoms with Gasteiger partial charge in [0.25, 0.3) is 5.91 Å².